The van der Waals surface area contributed by atoms with Crippen LogP contribution in [0.4, 0.5) is 15.8 Å². The van der Waals surface area contributed by atoms with Gasteiger partial charge in [0.05, 0.1) is 11.2 Å². The van der Waals surface area contributed by atoms with Gasteiger partial charge in [0.1, 0.15) is 5.82 Å². The SMILES string of the molecule is Cc1ccc(C)c(N=Nc2c(O)[nH]c3ccc(F)cc23)c1. The lowest BCUT2D eigenvalue weighted by Gasteiger charge is -2.00. The fraction of sp³-hybridized carbons (Fsp3) is 0.125. The Hall–Kier alpha value is -2.69. The van der Waals surface area contributed by atoms with E-state index in [4.69, 9.17) is 0 Å². The van der Waals surface area contributed by atoms with Crippen LogP contribution in [0.3, 0.4) is 0 Å². The number of aromatic hydroxyl groups is 1. The highest BCUT2D eigenvalue weighted by Gasteiger charge is 2.11. The molecule has 21 heavy (non-hydrogen) atoms. The number of hydrogen-bond acceptors (Lipinski definition) is 3. The van der Waals surface area contributed by atoms with Crippen LogP contribution in [0.25, 0.3) is 10.9 Å². The van der Waals surface area contributed by atoms with Crippen molar-refractivity contribution in [2.75, 3.05) is 0 Å². The summed E-state index contributed by atoms with van der Waals surface area (Å²) in [4.78, 5) is 2.75. The van der Waals surface area contributed by atoms with Gasteiger partial charge in [-0.1, -0.05) is 12.1 Å². The van der Waals surface area contributed by atoms with E-state index in [0.717, 1.165) is 16.8 Å². The molecule has 106 valence electrons. The van der Waals surface area contributed by atoms with E-state index in [9.17, 15) is 9.50 Å². The van der Waals surface area contributed by atoms with Crippen LogP contribution in [0.15, 0.2) is 46.6 Å². The lowest BCUT2D eigenvalue weighted by Crippen LogP contribution is -1.76. The van der Waals surface area contributed by atoms with Crippen LogP contribution in [0.2, 0.25) is 0 Å². The Bertz CT molecular complexity index is 852. The van der Waals surface area contributed by atoms with Crippen molar-refractivity contribution in [1.82, 2.24) is 4.98 Å². The van der Waals surface area contributed by atoms with Gasteiger partial charge in [0.15, 0.2) is 5.69 Å². The number of hydrogen-bond donors (Lipinski definition) is 2. The van der Waals surface area contributed by atoms with E-state index in [2.05, 4.69) is 15.2 Å². The van der Waals surface area contributed by atoms with Gasteiger partial charge < -0.3 is 10.1 Å². The molecule has 3 aromatic rings. The number of nitrogens with one attached hydrogen (secondary N) is 1. The van der Waals surface area contributed by atoms with E-state index in [1.54, 1.807) is 6.07 Å². The predicted octanol–water partition coefficient (Wildman–Crippen LogP) is 5.04. The molecule has 0 saturated carbocycles. The van der Waals surface area contributed by atoms with Gasteiger partial charge in [-0.3, -0.25) is 0 Å². The Balaban J connectivity index is 2.09. The first-order valence-electron chi connectivity index (χ1n) is 6.54. The summed E-state index contributed by atoms with van der Waals surface area (Å²) in [7, 11) is 0. The van der Waals surface area contributed by atoms with Gasteiger partial charge >= 0.3 is 0 Å². The molecule has 5 heteroatoms. The highest BCUT2D eigenvalue weighted by molar-refractivity contribution is 5.94. The maximum Gasteiger partial charge on any atom is 0.218 e. The summed E-state index contributed by atoms with van der Waals surface area (Å²) in [5, 5.41) is 18.7. The van der Waals surface area contributed by atoms with Crippen molar-refractivity contribution in [3.05, 3.63) is 53.3 Å². The van der Waals surface area contributed by atoms with Gasteiger partial charge in [-0.05, 0) is 49.2 Å². The van der Waals surface area contributed by atoms with E-state index in [1.807, 2.05) is 32.0 Å². The molecule has 2 N–H and O–H groups in total. The zero-order valence-corrected chi connectivity index (χ0v) is 11.7. The number of fused-ring (bicyclic) bond motifs is 1. The van der Waals surface area contributed by atoms with Crippen molar-refractivity contribution in [1.29, 1.82) is 0 Å². The van der Waals surface area contributed by atoms with Crippen molar-refractivity contribution in [2.24, 2.45) is 10.2 Å². The molecule has 0 unspecified atom stereocenters. The van der Waals surface area contributed by atoms with Crippen molar-refractivity contribution in [3.63, 3.8) is 0 Å². The minimum Gasteiger partial charge on any atom is -0.493 e. The number of aromatic nitrogens is 1. The van der Waals surface area contributed by atoms with E-state index in [1.165, 1.54) is 12.1 Å². The molecule has 0 aliphatic heterocycles. The van der Waals surface area contributed by atoms with Gasteiger partial charge in [0.25, 0.3) is 0 Å². The molecule has 0 spiro atoms. The number of nitrogens with zero attached hydrogens (tertiary/aromatic N) is 2. The highest BCUT2D eigenvalue weighted by Crippen LogP contribution is 2.36. The molecule has 0 atom stereocenters. The maximum absolute atomic E-state index is 13.3. The second-order valence-corrected chi connectivity index (χ2v) is 5.00. The topological polar surface area (TPSA) is 60.7 Å². The first kappa shape index (κ1) is 13.3. The number of rotatable bonds is 2. The largest absolute Gasteiger partial charge is 0.493 e. The zero-order valence-electron chi connectivity index (χ0n) is 11.7. The van der Waals surface area contributed by atoms with Gasteiger partial charge in [0.2, 0.25) is 5.88 Å². The summed E-state index contributed by atoms with van der Waals surface area (Å²) in [6, 6.07) is 10.1. The van der Waals surface area contributed by atoms with Crippen LogP contribution < -0.4 is 0 Å². The molecule has 0 aliphatic rings. The third kappa shape index (κ3) is 2.50. The van der Waals surface area contributed by atoms with Crippen LogP contribution in [-0.2, 0) is 0 Å². The number of H-pyrrole nitrogens is 1. The number of azo groups is 1. The normalized spacial score (nSPS) is 11.6. The summed E-state index contributed by atoms with van der Waals surface area (Å²) in [6.45, 7) is 3.90. The number of halogens is 1. The van der Waals surface area contributed by atoms with E-state index >= 15 is 0 Å². The second-order valence-electron chi connectivity index (χ2n) is 5.00. The molecule has 0 fully saturated rings. The number of benzene rings is 2. The number of aryl methyl sites for hydroxylation is 2. The van der Waals surface area contributed by atoms with Crippen molar-refractivity contribution >= 4 is 22.3 Å². The Morgan fingerprint density at radius 3 is 2.67 bits per heavy atom. The average Bonchev–Trinajstić information content (AvgIpc) is 2.75. The van der Waals surface area contributed by atoms with Crippen molar-refractivity contribution < 1.29 is 9.50 Å². The van der Waals surface area contributed by atoms with E-state index in [0.29, 0.717) is 10.9 Å². The maximum atomic E-state index is 13.3. The molecule has 2 aromatic carbocycles. The molecular weight excluding hydrogens is 269 g/mol. The third-order valence-electron chi connectivity index (χ3n) is 3.34. The quantitative estimate of drug-likeness (QED) is 0.635. The van der Waals surface area contributed by atoms with Gasteiger partial charge in [-0.25, -0.2) is 4.39 Å². The van der Waals surface area contributed by atoms with E-state index in [-0.39, 0.29) is 17.4 Å². The molecule has 1 aromatic heterocycles. The second kappa shape index (κ2) is 5.01. The Morgan fingerprint density at radius 2 is 1.86 bits per heavy atom. The summed E-state index contributed by atoms with van der Waals surface area (Å²) in [6.07, 6.45) is 0. The van der Waals surface area contributed by atoms with Crippen molar-refractivity contribution in [3.8, 4) is 5.88 Å². The molecule has 0 saturated heterocycles. The Morgan fingerprint density at radius 1 is 1.05 bits per heavy atom. The Kier molecular flexibility index (Phi) is 3.17. The molecule has 3 rings (SSSR count). The average molecular weight is 283 g/mol. The highest BCUT2D eigenvalue weighted by atomic mass is 19.1. The molecule has 0 radical (unpaired) electrons. The standard InChI is InChI=1S/C16H14FN3O/c1-9-3-4-10(2)14(7-9)19-20-15-12-8-11(17)5-6-13(12)18-16(15)21/h3-8,18,21H,1-2H3. The minimum atomic E-state index is -0.385. The first-order chi connectivity index (χ1) is 10.0. The molecule has 4 nitrogen and oxygen atoms in total. The van der Waals surface area contributed by atoms with E-state index < -0.39 is 0 Å². The lowest BCUT2D eigenvalue weighted by molar-refractivity contribution is 0.459. The van der Waals surface area contributed by atoms with Gasteiger partial charge in [-0.15, -0.1) is 5.11 Å². The monoisotopic (exact) mass is 283 g/mol. The Labute approximate surface area is 121 Å². The molecule has 0 bridgehead atoms. The fourth-order valence-electron chi connectivity index (χ4n) is 2.17. The van der Waals surface area contributed by atoms with Crippen molar-refractivity contribution in [2.45, 2.75) is 13.8 Å². The predicted molar refractivity (Wildman–Crippen MR) is 80.0 cm³/mol. The first-order valence-corrected chi connectivity index (χ1v) is 6.54. The molecule has 0 aliphatic carbocycles. The molecular formula is C16H14FN3O. The number of aromatic amines is 1. The summed E-state index contributed by atoms with van der Waals surface area (Å²) >= 11 is 0. The smallest absolute Gasteiger partial charge is 0.218 e. The third-order valence-corrected chi connectivity index (χ3v) is 3.34. The molecule has 1 heterocycles. The van der Waals surface area contributed by atoms with Crippen LogP contribution in [-0.4, -0.2) is 10.1 Å². The summed E-state index contributed by atoms with van der Waals surface area (Å²) in [5.74, 6) is -0.505. The minimum absolute atomic E-state index is 0.121. The van der Waals surface area contributed by atoms with Gasteiger partial charge in [0, 0.05) is 5.39 Å². The fourth-order valence-corrected chi connectivity index (χ4v) is 2.17. The van der Waals surface area contributed by atoms with Crippen LogP contribution in [0.5, 0.6) is 5.88 Å². The molecule has 0 amide bonds. The lowest BCUT2D eigenvalue weighted by atomic mass is 10.1. The van der Waals surface area contributed by atoms with Crippen LogP contribution >= 0.6 is 0 Å². The summed E-state index contributed by atoms with van der Waals surface area (Å²) in [5.41, 5.74) is 3.63. The van der Waals surface area contributed by atoms with Crippen LogP contribution in [0.1, 0.15) is 11.1 Å². The zero-order chi connectivity index (χ0) is 15.0. The van der Waals surface area contributed by atoms with Gasteiger partial charge in [-0.2, -0.15) is 5.11 Å². The van der Waals surface area contributed by atoms with Crippen LogP contribution in [0, 0.1) is 19.7 Å². The summed E-state index contributed by atoms with van der Waals surface area (Å²) < 4.78 is 13.3.